The minimum atomic E-state index is -0.174. The summed E-state index contributed by atoms with van der Waals surface area (Å²) in [5.41, 5.74) is 1.89. The summed E-state index contributed by atoms with van der Waals surface area (Å²) in [5.74, 6) is 1.72. The minimum absolute atomic E-state index is 0.0396. The van der Waals surface area contributed by atoms with Gasteiger partial charge in [0.2, 0.25) is 5.91 Å². The molecule has 28 heavy (non-hydrogen) atoms. The van der Waals surface area contributed by atoms with Crippen LogP contribution in [0.4, 0.5) is 0 Å². The average molecular weight is 386 g/mol. The number of hydrogen-bond acceptors (Lipinski definition) is 6. The Morgan fingerprint density at radius 1 is 1.25 bits per heavy atom. The number of hydrogen-bond donors (Lipinski definition) is 1. The summed E-state index contributed by atoms with van der Waals surface area (Å²) >= 11 is 0. The Bertz CT molecular complexity index is 783. The number of rotatable bonds is 7. The highest BCUT2D eigenvalue weighted by Crippen LogP contribution is 2.24. The second-order valence-electron chi connectivity index (χ2n) is 7.39. The van der Waals surface area contributed by atoms with Crippen LogP contribution in [0.3, 0.4) is 0 Å². The van der Waals surface area contributed by atoms with Gasteiger partial charge in [-0.25, -0.2) is 0 Å². The number of carbonyl (C=O) groups is 1. The van der Waals surface area contributed by atoms with Crippen LogP contribution in [0.2, 0.25) is 0 Å². The average Bonchev–Trinajstić information content (AvgIpc) is 3.12. The zero-order chi connectivity index (χ0) is 20.1. The van der Waals surface area contributed by atoms with Crippen molar-refractivity contribution in [2.24, 2.45) is 0 Å². The molecule has 1 N–H and O–H groups in total. The molecular weight excluding hydrogens is 356 g/mol. The molecule has 2 unspecified atom stereocenters. The van der Waals surface area contributed by atoms with Gasteiger partial charge in [0.1, 0.15) is 5.75 Å². The Labute approximate surface area is 166 Å². The van der Waals surface area contributed by atoms with E-state index in [0.717, 1.165) is 55.5 Å². The van der Waals surface area contributed by atoms with Crippen molar-refractivity contribution in [3.8, 4) is 5.75 Å². The summed E-state index contributed by atoms with van der Waals surface area (Å²) in [6.45, 7) is 10.2. The van der Waals surface area contributed by atoms with Crippen molar-refractivity contribution in [3.63, 3.8) is 0 Å². The molecule has 0 radical (unpaired) electrons. The molecule has 1 aliphatic heterocycles. The number of benzene rings is 1. The van der Waals surface area contributed by atoms with E-state index < -0.39 is 0 Å². The maximum absolute atomic E-state index is 12.8. The van der Waals surface area contributed by atoms with Gasteiger partial charge in [-0.3, -0.25) is 14.6 Å². The van der Waals surface area contributed by atoms with Crippen molar-refractivity contribution in [2.75, 3.05) is 33.3 Å². The van der Waals surface area contributed by atoms with Crippen molar-refractivity contribution in [2.45, 2.75) is 39.4 Å². The zero-order valence-corrected chi connectivity index (χ0v) is 17.1. The van der Waals surface area contributed by atoms with Crippen LogP contribution in [0.25, 0.3) is 0 Å². The first-order valence-corrected chi connectivity index (χ1v) is 9.80. The van der Waals surface area contributed by atoms with E-state index >= 15 is 0 Å². The molecule has 7 heteroatoms. The second kappa shape index (κ2) is 9.21. The lowest BCUT2D eigenvalue weighted by atomic mass is 10.1. The van der Waals surface area contributed by atoms with Crippen LogP contribution < -0.4 is 10.1 Å². The van der Waals surface area contributed by atoms with Gasteiger partial charge in [0.25, 0.3) is 0 Å². The zero-order valence-electron chi connectivity index (χ0n) is 17.1. The van der Waals surface area contributed by atoms with Crippen LogP contribution >= 0.6 is 0 Å². The summed E-state index contributed by atoms with van der Waals surface area (Å²) in [6.07, 6.45) is 0. The molecule has 152 valence electrons. The SMILES string of the molecule is COc1ccccc1C(C)NC(=O)C(C)N1CCN(Cc2cc(C)no2)CC1. The quantitative estimate of drug-likeness (QED) is 0.788. The van der Waals surface area contributed by atoms with Gasteiger partial charge in [-0.1, -0.05) is 23.4 Å². The summed E-state index contributed by atoms with van der Waals surface area (Å²) in [4.78, 5) is 17.3. The Morgan fingerprint density at radius 2 is 1.96 bits per heavy atom. The number of piperazine rings is 1. The molecule has 1 aromatic carbocycles. The number of nitrogens with zero attached hydrogens (tertiary/aromatic N) is 3. The number of ether oxygens (including phenoxy) is 1. The van der Waals surface area contributed by atoms with Gasteiger partial charge in [0.05, 0.1) is 31.4 Å². The molecular formula is C21H30N4O3. The molecule has 3 rings (SSSR count). The fourth-order valence-electron chi connectivity index (χ4n) is 3.62. The van der Waals surface area contributed by atoms with E-state index in [0.29, 0.717) is 0 Å². The normalized spacial score (nSPS) is 17.9. The number of carbonyl (C=O) groups excluding carboxylic acids is 1. The van der Waals surface area contributed by atoms with Gasteiger partial charge in [-0.05, 0) is 26.8 Å². The Balaban J connectivity index is 1.50. The van der Waals surface area contributed by atoms with Gasteiger partial charge in [-0.2, -0.15) is 0 Å². The molecule has 7 nitrogen and oxygen atoms in total. The fraction of sp³-hybridized carbons (Fsp3) is 0.524. The van der Waals surface area contributed by atoms with Gasteiger partial charge in [-0.15, -0.1) is 0 Å². The predicted molar refractivity (Wildman–Crippen MR) is 107 cm³/mol. The third-order valence-electron chi connectivity index (χ3n) is 5.35. The van der Waals surface area contributed by atoms with Gasteiger partial charge in [0.15, 0.2) is 5.76 Å². The largest absolute Gasteiger partial charge is 0.496 e. The third kappa shape index (κ3) is 4.91. The van der Waals surface area contributed by atoms with E-state index in [-0.39, 0.29) is 18.0 Å². The van der Waals surface area contributed by atoms with Crippen LogP contribution in [-0.2, 0) is 11.3 Å². The first kappa shape index (κ1) is 20.4. The van der Waals surface area contributed by atoms with Crippen LogP contribution in [-0.4, -0.2) is 60.2 Å². The van der Waals surface area contributed by atoms with E-state index in [9.17, 15) is 4.79 Å². The van der Waals surface area contributed by atoms with Gasteiger partial charge < -0.3 is 14.6 Å². The summed E-state index contributed by atoms with van der Waals surface area (Å²) in [5, 5.41) is 7.06. The first-order chi connectivity index (χ1) is 13.5. The molecule has 2 aromatic rings. The number of aryl methyl sites for hydroxylation is 1. The highest BCUT2D eigenvalue weighted by Gasteiger charge is 2.27. The number of methoxy groups -OCH3 is 1. The molecule has 0 bridgehead atoms. The minimum Gasteiger partial charge on any atom is -0.496 e. The van der Waals surface area contributed by atoms with Crippen LogP contribution in [0.5, 0.6) is 5.75 Å². The summed E-state index contributed by atoms with van der Waals surface area (Å²) in [7, 11) is 1.65. The standard InChI is InChI=1S/C21H30N4O3/c1-15-13-18(28-23-15)14-24-9-11-25(12-10-24)17(3)21(26)22-16(2)19-7-5-6-8-20(19)27-4/h5-8,13,16-17H,9-12,14H2,1-4H3,(H,22,26). The van der Waals surface area contributed by atoms with Crippen molar-refractivity contribution in [1.29, 1.82) is 0 Å². The monoisotopic (exact) mass is 386 g/mol. The Kier molecular flexibility index (Phi) is 6.70. The highest BCUT2D eigenvalue weighted by molar-refractivity contribution is 5.81. The van der Waals surface area contributed by atoms with Crippen LogP contribution in [0, 0.1) is 6.92 Å². The second-order valence-corrected chi connectivity index (χ2v) is 7.39. The van der Waals surface area contributed by atoms with Gasteiger partial charge >= 0.3 is 0 Å². The van der Waals surface area contributed by atoms with Crippen molar-refractivity contribution in [3.05, 3.63) is 47.3 Å². The van der Waals surface area contributed by atoms with E-state index in [4.69, 9.17) is 9.26 Å². The molecule has 1 amide bonds. The Morgan fingerprint density at radius 3 is 2.61 bits per heavy atom. The number of aromatic nitrogens is 1. The molecule has 0 aliphatic carbocycles. The van der Waals surface area contributed by atoms with Crippen LogP contribution in [0.15, 0.2) is 34.9 Å². The van der Waals surface area contributed by atoms with E-state index in [2.05, 4.69) is 20.3 Å². The lowest BCUT2D eigenvalue weighted by molar-refractivity contribution is -0.127. The van der Waals surface area contributed by atoms with E-state index in [1.54, 1.807) is 7.11 Å². The number of amides is 1. The third-order valence-corrected chi connectivity index (χ3v) is 5.35. The van der Waals surface area contributed by atoms with Crippen molar-refractivity contribution < 1.29 is 14.1 Å². The van der Waals surface area contributed by atoms with Crippen LogP contribution in [0.1, 0.15) is 36.9 Å². The molecule has 1 aromatic heterocycles. The summed E-state index contributed by atoms with van der Waals surface area (Å²) in [6, 6.07) is 9.48. The molecule has 1 fully saturated rings. The van der Waals surface area contributed by atoms with Gasteiger partial charge in [0, 0.05) is 37.8 Å². The highest BCUT2D eigenvalue weighted by atomic mass is 16.5. The number of nitrogens with one attached hydrogen (secondary N) is 1. The maximum atomic E-state index is 12.8. The Hall–Kier alpha value is -2.38. The fourth-order valence-corrected chi connectivity index (χ4v) is 3.62. The first-order valence-electron chi connectivity index (χ1n) is 9.80. The summed E-state index contributed by atoms with van der Waals surface area (Å²) < 4.78 is 10.7. The molecule has 0 spiro atoms. The molecule has 2 heterocycles. The maximum Gasteiger partial charge on any atom is 0.237 e. The van der Waals surface area contributed by atoms with Crippen molar-refractivity contribution >= 4 is 5.91 Å². The molecule has 2 atom stereocenters. The predicted octanol–water partition coefficient (Wildman–Crippen LogP) is 2.38. The molecule has 1 saturated heterocycles. The lowest BCUT2D eigenvalue weighted by Crippen LogP contribution is -2.53. The number of para-hydroxylation sites is 1. The molecule has 1 aliphatic rings. The lowest BCUT2D eigenvalue weighted by Gasteiger charge is -2.37. The van der Waals surface area contributed by atoms with Crippen molar-refractivity contribution in [1.82, 2.24) is 20.3 Å². The van der Waals surface area contributed by atoms with E-state index in [1.165, 1.54) is 0 Å². The molecule has 0 saturated carbocycles. The van der Waals surface area contributed by atoms with E-state index in [1.807, 2.05) is 51.1 Å². The smallest absolute Gasteiger partial charge is 0.237 e. The topological polar surface area (TPSA) is 70.8 Å².